The molecule has 0 aliphatic heterocycles. The van der Waals surface area contributed by atoms with E-state index in [1.54, 1.807) is 12.3 Å². The molecular formula is C12H20BrN3O. The number of aromatic amines is 1. The van der Waals surface area contributed by atoms with Crippen LogP contribution in [0.5, 0.6) is 0 Å². The van der Waals surface area contributed by atoms with Gasteiger partial charge >= 0.3 is 0 Å². The number of likely N-dealkylation sites (N-methyl/N-ethyl adjacent to an activating group) is 1. The van der Waals surface area contributed by atoms with Crippen LogP contribution in [0.1, 0.15) is 31.3 Å². The van der Waals surface area contributed by atoms with Crippen molar-refractivity contribution in [1.82, 2.24) is 15.2 Å². The molecule has 1 unspecified atom stereocenters. The second kappa shape index (κ2) is 6.81. The van der Waals surface area contributed by atoms with Gasteiger partial charge in [-0.05, 0) is 42.0 Å². The first-order valence-corrected chi connectivity index (χ1v) is 6.73. The maximum atomic E-state index is 11.8. The van der Waals surface area contributed by atoms with Gasteiger partial charge in [-0.15, -0.1) is 0 Å². The average Bonchev–Trinajstić information content (AvgIpc) is 2.72. The first-order chi connectivity index (χ1) is 8.06. The van der Waals surface area contributed by atoms with Crippen LogP contribution in [0.25, 0.3) is 0 Å². The van der Waals surface area contributed by atoms with E-state index in [0.717, 1.165) is 24.1 Å². The van der Waals surface area contributed by atoms with Crippen LogP contribution < -0.4 is 5.32 Å². The highest BCUT2D eigenvalue weighted by Gasteiger charge is 2.13. The standard InChI is InChI=1S/C12H20BrN3O/c1-4-16(5-2)8-9(3)15-12(17)11-6-10(13)7-14-11/h6-7,9,14H,4-5,8H2,1-3H3,(H,15,17). The summed E-state index contributed by atoms with van der Waals surface area (Å²) >= 11 is 3.31. The summed E-state index contributed by atoms with van der Waals surface area (Å²) in [5, 5.41) is 2.98. The van der Waals surface area contributed by atoms with Crippen molar-refractivity contribution in [3.8, 4) is 0 Å². The largest absolute Gasteiger partial charge is 0.356 e. The van der Waals surface area contributed by atoms with Gasteiger partial charge in [0, 0.05) is 23.3 Å². The summed E-state index contributed by atoms with van der Waals surface area (Å²) in [6.07, 6.45) is 1.75. The van der Waals surface area contributed by atoms with Gasteiger partial charge in [-0.1, -0.05) is 13.8 Å². The van der Waals surface area contributed by atoms with Gasteiger partial charge in [0.1, 0.15) is 5.69 Å². The minimum atomic E-state index is -0.0599. The number of amides is 1. The Balaban J connectivity index is 2.45. The lowest BCUT2D eigenvalue weighted by Gasteiger charge is -2.23. The summed E-state index contributed by atoms with van der Waals surface area (Å²) in [4.78, 5) is 17.1. The lowest BCUT2D eigenvalue weighted by atomic mass is 10.3. The van der Waals surface area contributed by atoms with E-state index in [1.807, 2.05) is 6.92 Å². The van der Waals surface area contributed by atoms with E-state index in [-0.39, 0.29) is 11.9 Å². The number of nitrogens with one attached hydrogen (secondary N) is 2. The second-order valence-corrected chi connectivity index (χ2v) is 5.01. The number of hydrogen-bond donors (Lipinski definition) is 2. The summed E-state index contributed by atoms with van der Waals surface area (Å²) in [6, 6.07) is 1.92. The van der Waals surface area contributed by atoms with Crippen LogP contribution in [0.3, 0.4) is 0 Å². The zero-order valence-electron chi connectivity index (χ0n) is 10.6. The summed E-state index contributed by atoms with van der Waals surface area (Å²) in [7, 11) is 0. The van der Waals surface area contributed by atoms with Gasteiger partial charge in [-0.2, -0.15) is 0 Å². The fourth-order valence-electron chi connectivity index (χ4n) is 1.72. The Labute approximate surface area is 111 Å². The van der Waals surface area contributed by atoms with Crippen molar-refractivity contribution in [3.63, 3.8) is 0 Å². The molecule has 0 saturated heterocycles. The molecular weight excluding hydrogens is 282 g/mol. The third kappa shape index (κ3) is 4.52. The fraction of sp³-hybridized carbons (Fsp3) is 0.583. The molecule has 5 heteroatoms. The molecule has 1 amide bonds. The van der Waals surface area contributed by atoms with E-state index in [2.05, 4.69) is 45.0 Å². The summed E-state index contributed by atoms with van der Waals surface area (Å²) in [5.41, 5.74) is 0.586. The highest BCUT2D eigenvalue weighted by Crippen LogP contribution is 2.10. The van der Waals surface area contributed by atoms with Crippen LogP contribution in [0.2, 0.25) is 0 Å². The highest BCUT2D eigenvalue weighted by atomic mass is 79.9. The van der Waals surface area contributed by atoms with Crippen LogP contribution >= 0.6 is 15.9 Å². The van der Waals surface area contributed by atoms with Crippen molar-refractivity contribution >= 4 is 21.8 Å². The predicted octanol–water partition coefficient (Wildman–Crippen LogP) is 2.24. The normalized spacial score (nSPS) is 12.8. The number of nitrogens with zero attached hydrogens (tertiary/aromatic N) is 1. The van der Waals surface area contributed by atoms with E-state index >= 15 is 0 Å². The van der Waals surface area contributed by atoms with E-state index in [0.29, 0.717) is 5.69 Å². The van der Waals surface area contributed by atoms with E-state index in [4.69, 9.17) is 0 Å². The molecule has 17 heavy (non-hydrogen) atoms. The molecule has 0 spiro atoms. The smallest absolute Gasteiger partial charge is 0.267 e. The summed E-state index contributed by atoms with van der Waals surface area (Å²) < 4.78 is 0.888. The molecule has 1 aromatic heterocycles. The molecule has 0 aliphatic carbocycles. The van der Waals surface area contributed by atoms with Gasteiger partial charge in [0.15, 0.2) is 0 Å². The molecule has 0 radical (unpaired) electrons. The van der Waals surface area contributed by atoms with Crippen LogP contribution in [0, 0.1) is 0 Å². The molecule has 2 N–H and O–H groups in total. The Morgan fingerprint density at radius 2 is 2.18 bits per heavy atom. The monoisotopic (exact) mass is 301 g/mol. The van der Waals surface area contributed by atoms with Gasteiger partial charge < -0.3 is 15.2 Å². The lowest BCUT2D eigenvalue weighted by Crippen LogP contribution is -2.42. The molecule has 1 atom stereocenters. The number of hydrogen-bond acceptors (Lipinski definition) is 2. The van der Waals surface area contributed by atoms with E-state index in [1.165, 1.54) is 0 Å². The van der Waals surface area contributed by atoms with E-state index < -0.39 is 0 Å². The Hall–Kier alpha value is -0.810. The van der Waals surface area contributed by atoms with Crippen LogP contribution in [0.15, 0.2) is 16.7 Å². The Kier molecular flexibility index (Phi) is 5.71. The van der Waals surface area contributed by atoms with Gasteiger partial charge in [-0.25, -0.2) is 0 Å². The number of halogens is 1. The van der Waals surface area contributed by atoms with Crippen molar-refractivity contribution in [3.05, 3.63) is 22.4 Å². The quantitative estimate of drug-likeness (QED) is 0.846. The molecule has 0 fully saturated rings. The minimum Gasteiger partial charge on any atom is -0.356 e. The number of rotatable bonds is 6. The highest BCUT2D eigenvalue weighted by molar-refractivity contribution is 9.10. The maximum Gasteiger partial charge on any atom is 0.267 e. The van der Waals surface area contributed by atoms with Gasteiger partial charge in [-0.3, -0.25) is 4.79 Å². The average molecular weight is 302 g/mol. The molecule has 1 rings (SSSR count). The number of carbonyl (C=O) groups excluding carboxylic acids is 1. The topological polar surface area (TPSA) is 48.1 Å². The summed E-state index contributed by atoms with van der Waals surface area (Å²) in [6.45, 7) is 9.16. The Morgan fingerprint density at radius 1 is 1.53 bits per heavy atom. The number of H-pyrrole nitrogens is 1. The molecule has 4 nitrogen and oxygen atoms in total. The van der Waals surface area contributed by atoms with Gasteiger partial charge in [0.25, 0.3) is 5.91 Å². The minimum absolute atomic E-state index is 0.0599. The van der Waals surface area contributed by atoms with Crippen molar-refractivity contribution in [2.75, 3.05) is 19.6 Å². The third-order valence-electron chi connectivity index (χ3n) is 2.70. The second-order valence-electron chi connectivity index (χ2n) is 4.09. The molecule has 0 aromatic carbocycles. The van der Waals surface area contributed by atoms with Gasteiger partial charge in [0.05, 0.1) is 0 Å². The molecule has 96 valence electrons. The first kappa shape index (κ1) is 14.3. The van der Waals surface area contributed by atoms with E-state index in [9.17, 15) is 4.79 Å². The van der Waals surface area contributed by atoms with Crippen molar-refractivity contribution in [2.24, 2.45) is 0 Å². The molecule has 1 aromatic rings. The molecule has 0 aliphatic rings. The maximum absolute atomic E-state index is 11.8. The summed E-state index contributed by atoms with van der Waals surface area (Å²) in [5.74, 6) is -0.0599. The van der Waals surface area contributed by atoms with Crippen molar-refractivity contribution in [1.29, 1.82) is 0 Å². The Morgan fingerprint density at radius 3 is 2.65 bits per heavy atom. The first-order valence-electron chi connectivity index (χ1n) is 5.93. The lowest BCUT2D eigenvalue weighted by molar-refractivity contribution is 0.0926. The fourth-order valence-corrected chi connectivity index (χ4v) is 2.06. The van der Waals surface area contributed by atoms with Crippen molar-refractivity contribution < 1.29 is 4.79 Å². The molecule has 1 heterocycles. The SMILES string of the molecule is CCN(CC)CC(C)NC(=O)c1cc(Br)c[nH]1. The van der Waals surface area contributed by atoms with Crippen LogP contribution in [-0.4, -0.2) is 41.5 Å². The number of aromatic nitrogens is 1. The Bertz CT molecular complexity index is 360. The van der Waals surface area contributed by atoms with Crippen LogP contribution in [-0.2, 0) is 0 Å². The predicted molar refractivity (Wildman–Crippen MR) is 73.2 cm³/mol. The zero-order chi connectivity index (χ0) is 12.8. The third-order valence-corrected chi connectivity index (χ3v) is 3.15. The van der Waals surface area contributed by atoms with Gasteiger partial charge in [0.2, 0.25) is 0 Å². The zero-order valence-corrected chi connectivity index (χ0v) is 12.2. The molecule has 0 saturated carbocycles. The number of carbonyl (C=O) groups is 1. The van der Waals surface area contributed by atoms with Crippen LogP contribution in [0.4, 0.5) is 0 Å². The molecule has 0 bridgehead atoms. The van der Waals surface area contributed by atoms with Crippen molar-refractivity contribution in [2.45, 2.75) is 26.8 Å².